The van der Waals surface area contributed by atoms with Gasteiger partial charge in [-0.25, -0.2) is 0 Å². The third kappa shape index (κ3) is 3.99. The first-order chi connectivity index (χ1) is 11.6. The highest BCUT2D eigenvalue weighted by molar-refractivity contribution is 7.98. The van der Waals surface area contributed by atoms with Crippen molar-refractivity contribution in [3.8, 4) is 0 Å². The minimum Gasteiger partial charge on any atom is -0.360 e. The van der Waals surface area contributed by atoms with Crippen molar-refractivity contribution < 1.29 is 9.32 Å². The van der Waals surface area contributed by atoms with Crippen molar-refractivity contribution in [2.24, 2.45) is 0 Å². The molecule has 0 aliphatic rings. The Hall–Kier alpha value is -2.24. The summed E-state index contributed by atoms with van der Waals surface area (Å²) in [5.41, 5.74) is 2.03. The van der Waals surface area contributed by atoms with Gasteiger partial charge in [0.05, 0.1) is 27.7 Å². The quantitative estimate of drug-likeness (QED) is 0.638. The van der Waals surface area contributed by atoms with Crippen LogP contribution in [0.15, 0.2) is 64.0 Å². The summed E-state index contributed by atoms with van der Waals surface area (Å²) in [5, 5.41) is 7.23. The lowest BCUT2D eigenvalue weighted by Crippen LogP contribution is -2.13. The van der Waals surface area contributed by atoms with E-state index in [0.29, 0.717) is 22.0 Å². The number of thioether (sulfide) groups is 1. The van der Waals surface area contributed by atoms with Gasteiger partial charge in [0.2, 0.25) is 0 Å². The maximum atomic E-state index is 12.6. The lowest BCUT2D eigenvalue weighted by atomic mass is 10.2. The monoisotopic (exact) mass is 358 g/mol. The van der Waals surface area contributed by atoms with Crippen LogP contribution in [0.25, 0.3) is 0 Å². The van der Waals surface area contributed by atoms with Crippen molar-refractivity contribution in [1.82, 2.24) is 5.16 Å². The van der Waals surface area contributed by atoms with Gasteiger partial charge in [0.1, 0.15) is 5.76 Å². The number of para-hydroxylation sites is 1. The number of anilines is 1. The number of nitrogens with one attached hydrogen (secondary N) is 1. The highest BCUT2D eigenvalue weighted by atomic mass is 35.5. The molecule has 1 aromatic heterocycles. The van der Waals surface area contributed by atoms with E-state index in [-0.39, 0.29) is 5.91 Å². The van der Waals surface area contributed by atoms with E-state index in [1.807, 2.05) is 43.3 Å². The Labute approximate surface area is 149 Å². The second-order valence-electron chi connectivity index (χ2n) is 5.15. The van der Waals surface area contributed by atoms with Crippen molar-refractivity contribution in [1.29, 1.82) is 0 Å². The Balaban J connectivity index is 1.75. The van der Waals surface area contributed by atoms with Crippen LogP contribution in [0.3, 0.4) is 0 Å². The molecule has 1 amide bonds. The Kier molecular flexibility index (Phi) is 5.23. The molecule has 0 saturated heterocycles. The van der Waals surface area contributed by atoms with Crippen LogP contribution in [0, 0.1) is 6.92 Å². The number of hydrogen-bond acceptors (Lipinski definition) is 4. The van der Waals surface area contributed by atoms with Gasteiger partial charge in [0.25, 0.3) is 5.91 Å². The van der Waals surface area contributed by atoms with E-state index in [9.17, 15) is 4.79 Å². The zero-order valence-electron chi connectivity index (χ0n) is 13.0. The normalized spacial score (nSPS) is 10.6. The van der Waals surface area contributed by atoms with Gasteiger partial charge in [-0.05, 0) is 31.2 Å². The number of benzene rings is 2. The van der Waals surface area contributed by atoms with Gasteiger partial charge < -0.3 is 9.84 Å². The number of carbonyl (C=O) groups excluding carboxylic acids is 1. The molecule has 0 fully saturated rings. The average Bonchev–Trinajstić information content (AvgIpc) is 3.01. The molecular weight excluding hydrogens is 344 g/mol. The second kappa shape index (κ2) is 7.55. The first kappa shape index (κ1) is 16.6. The first-order valence-electron chi connectivity index (χ1n) is 7.33. The molecule has 0 atom stereocenters. The van der Waals surface area contributed by atoms with Crippen molar-refractivity contribution >= 4 is 35.0 Å². The summed E-state index contributed by atoms with van der Waals surface area (Å²) >= 11 is 7.63. The fourth-order valence-electron chi connectivity index (χ4n) is 2.17. The average molecular weight is 359 g/mol. The summed E-state index contributed by atoms with van der Waals surface area (Å²) in [7, 11) is 0. The molecule has 122 valence electrons. The third-order valence-corrected chi connectivity index (χ3v) is 4.73. The zero-order valence-corrected chi connectivity index (χ0v) is 14.5. The summed E-state index contributed by atoms with van der Waals surface area (Å²) in [6.07, 6.45) is 0. The van der Waals surface area contributed by atoms with Crippen LogP contribution < -0.4 is 5.32 Å². The third-order valence-electron chi connectivity index (χ3n) is 3.30. The minimum atomic E-state index is -0.194. The molecule has 2 aromatic carbocycles. The minimum absolute atomic E-state index is 0.194. The molecule has 0 aliphatic heterocycles. The van der Waals surface area contributed by atoms with E-state index in [1.54, 1.807) is 18.2 Å². The number of carbonyl (C=O) groups is 1. The smallest absolute Gasteiger partial charge is 0.256 e. The SMILES string of the molecule is Cc1cc(CSc2ccccc2C(=O)Nc2ccccc2Cl)on1. The molecule has 4 nitrogen and oxygen atoms in total. The van der Waals surface area contributed by atoms with Crippen molar-refractivity contribution in [3.63, 3.8) is 0 Å². The van der Waals surface area contributed by atoms with E-state index >= 15 is 0 Å². The molecule has 0 radical (unpaired) electrons. The first-order valence-corrected chi connectivity index (χ1v) is 8.70. The van der Waals surface area contributed by atoms with Crippen LogP contribution in [-0.2, 0) is 5.75 Å². The molecule has 0 unspecified atom stereocenters. The molecule has 1 N–H and O–H groups in total. The number of aromatic nitrogens is 1. The zero-order chi connectivity index (χ0) is 16.9. The van der Waals surface area contributed by atoms with Crippen LogP contribution >= 0.6 is 23.4 Å². The van der Waals surface area contributed by atoms with Gasteiger partial charge in [-0.1, -0.05) is 41.0 Å². The van der Waals surface area contributed by atoms with Gasteiger partial charge in [-0.15, -0.1) is 11.8 Å². The Morgan fingerprint density at radius 2 is 1.96 bits per heavy atom. The number of hydrogen-bond donors (Lipinski definition) is 1. The lowest BCUT2D eigenvalue weighted by molar-refractivity contribution is 0.102. The standard InChI is InChI=1S/C18H15ClN2O2S/c1-12-10-13(23-21-12)11-24-17-9-5-2-6-14(17)18(22)20-16-8-4-3-7-15(16)19/h2-10H,11H2,1H3,(H,20,22). The molecule has 0 aliphatic carbocycles. The topological polar surface area (TPSA) is 55.1 Å². The summed E-state index contributed by atoms with van der Waals surface area (Å²) in [6.45, 7) is 1.88. The van der Waals surface area contributed by atoms with Crippen molar-refractivity contribution in [3.05, 3.63) is 76.6 Å². The number of nitrogens with zero attached hydrogens (tertiary/aromatic N) is 1. The van der Waals surface area contributed by atoms with E-state index in [0.717, 1.165) is 16.3 Å². The Morgan fingerprint density at radius 1 is 1.21 bits per heavy atom. The summed E-state index contributed by atoms with van der Waals surface area (Å²) in [4.78, 5) is 13.5. The van der Waals surface area contributed by atoms with Gasteiger partial charge in [0.15, 0.2) is 0 Å². The Bertz CT molecular complexity index is 863. The predicted molar refractivity (Wildman–Crippen MR) is 96.6 cm³/mol. The van der Waals surface area contributed by atoms with Crippen LogP contribution in [-0.4, -0.2) is 11.1 Å². The highest BCUT2D eigenvalue weighted by Gasteiger charge is 2.13. The summed E-state index contributed by atoms with van der Waals surface area (Å²) in [6, 6.07) is 16.5. The fraction of sp³-hybridized carbons (Fsp3) is 0.111. The molecule has 0 saturated carbocycles. The van der Waals surface area contributed by atoms with Crippen LogP contribution in [0.5, 0.6) is 0 Å². The largest absolute Gasteiger partial charge is 0.360 e. The molecule has 3 rings (SSSR count). The lowest BCUT2D eigenvalue weighted by Gasteiger charge is -2.10. The molecule has 6 heteroatoms. The fourth-order valence-corrected chi connectivity index (χ4v) is 3.27. The number of rotatable bonds is 5. The molecule has 3 aromatic rings. The van der Waals surface area contributed by atoms with E-state index in [4.69, 9.17) is 16.1 Å². The predicted octanol–water partition coefficient (Wildman–Crippen LogP) is 5.18. The van der Waals surface area contributed by atoms with Crippen LogP contribution in [0.4, 0.5) is 5.69 Å². The van der Waals surface area contributed by atoms with Gasteiger partial charge in [-0.3, -0.25) is 4.79 Å². The van der Waals surface area contributed by atoms with E-state index in [2.05, 4.69) is 10.5 Å². The maximum absolute atomic E-state index is 12.6. The molecule has 1 heterocycles. The number of amides is 1. The van der Waals surface area contributed by atoms with Crippen molar-refractivity contribution in [2.45, 2.75) is 17.6 Å². The number of halogens is 1. The maximum Gasteiger partial charge on any atom is 0.256 e. The molecular formula is C18H15ClN2O2S. The van der Waals surface area contributed by atoms with Gasteiger partial charge in [0, 0.05) is 11.0 Å². The number of aryl methyl sites for hydroxylation is 1. The highest BCUT2D eigenvalue weighted by Crippen LogP contribution is 2.28. The van der Waals surface area contributed by atoms with Crippen LogP contribution in [0.1, 0.15) is 21.8 Å². The van der Waals surface area contributed by atoms with E-state index < -0.39 is 0 Å². The second-order valence-corrected chi connectivity index (χ2v) is 6.58. The van der Waals surface area contributed by atoms with Crippen LogP contribution in [0.2, 0.25) is 5.02 Å². The van der Waals surface area contributed by atoms with Gasteiger partial charge in [-0.2, -0.15) is 0 Å². The summed E-state index contributed by atoms with van der Waals surface area (Å²) in [5.74, 6) is 1.19. The molecule has 24 heavy (non-hydrogen) atoms. The van der Waals surface area contributed by atoms with E-state index in [1.165, 1.54) is 11.8 Å². The molecule has 0 bridgehead atoms. The van der Waals surface area contributed by atoms with Gasteiger partial charge >= 0.3 is 0 Å². The van der Waals surface area contributed by atoms with Crippen molar-refractivity contribution in [2.75, 3.05) is 5.32 Å². The Morgan fingerprint density at radius 3 is 2.71 bits per heavy atom. The summed E-state index contributed by atoms with van der Waals surface area (Å²) < 4.78 is 5.21. The molecule has 0 spiro atoms.